The molecule has 0 aromatic heterocycles. The van der Waals surface area contributed by atoms with Crippen LogP contribution in [0.4, 0.5) is 4.79 Å². The fourth-order valence-electron chi connectivity index (χ4n) is 6.54. The monoisotopic (exact) mass is 457 g/mol. The molecule has 2 aliphatic carbocycles. The van der Waals surface area contributed by atoms with Crippen LogP contribution in [0.25, 0.3) is 0 Å². The molecule has 33 heavy (non-hydrogen) atoms. The van der Waals surface area contributed by atoms with Crippen molar-refractivity contribution < 1.29 is 24.1 Å². The maximum absolute atomic E-state index is 13.0. The van der Waals surface area contributed by atoms with Crippen LogP contribution in [0.15, 0.2) is 24.0 Å². The summed E-state index contributed by atoms with van der Waals surface area (Å²) in [7, 11) is 5.41. The molecule has 0 radical (unpaired) electrons. The number of rotatable bonds is 5. The molecule has 2 heterocycles. The molecule has 8 heteroatoms. The normalized spacial score (nSPS) is 31.9. The van der Waals surface area contributed by atoms with Gasteiger partial charge in [-0.3, -0.25) is 0 Å². The van der Waals surface area contributed by atoms with Crippen molar-refractivity contribution in [1.29, 1.82) is 0 Å². The molecule has 2 aliphatic heterocycles. The van der Waals surface area contributed by atoms with E-state index in [1.54, 1.807) is 19.1 Å². The lowest BCUT2D eigenvalue weighted by Gasteiger charge is -2.61. The van der Waals surface area contributed by atoms with E-state index in [9.17, 15) is 9.90 Å². The maximum Gasteiger partial charge on any atom is 0.414 e. The van der Waals surface area contributed by atoms with E-state index >= 15 is 0 Å². The highest BCUT2D eigenvalue weighted by molar-refractivity contribution is 5.70. The largest absolute Gasteiger partial charge is 0.493 e. The Morgan fingerprint density at radius 1 is 1.42 bits per heavy atom. The van der Waals surface area contributed by atoms with E-state index in [2.05, 4.69) is 18.0 Å². The summed E-state index contributed by atoms with van der Waals surface area (Å²) in [6.07, 6.45) is 2.67. The fourth-order valence-corrected chi connectivity index (χ4v) is 6.54. The van der Waals surface area contributed by atoms with Crippen molar-refractivity contribution in [3.05, 3.63) is 35.1 Å². The summed E-state index contributed by atoms with van der Waals surface area (Å²) in [4.78, 5) is 16.8. The molecule has 1 saturated heterocycles. The Morgan fingerprint density at radius 2 is 2.18 bits per heavy atom. The summed E-state index contributed by atoms with van der Waals surface area (Å²) < 4.78 is 18.1. The third-order valence-corrected chi connectivity index (χ3v) is 8.29. The van der Waals surface area contributed by atoms with Gasteiger partial charge in [-0.1, -0.05) is 19.9 Å². The number of methoxy groups -OCH3 is 1. The molecule has 4 aliphatic rings. The van der Waals surface area contributed by atoms with Crippen molar-refractivity contribution in [2.45, 2.75) is 56.3 Å². The molecule has 4 unspecified atom stereocenters. The van der Waals surface area contributed by atoms with E-state index in [0.717, 1.165) is 18.5 Å². The van der Waals surface area contributed by atoms with Gasteiger partial charge < -0.3 is 34.9 Å². The van der Waals surface area contributed by atoms with Gasteiger partial charge in [0.25, 0.3) is 0 Å². The molecule has 5 rings (SSSR count). The summed E-state index contributed by atoms with van der Waals surface area (Å²) in [6, 6.07) is 3.98. The van der Waals surface area contributed by atoms with Crippen LogP contribution in [0.3, 0.4) is 0 Å². The van der Waals surface area contributed by atoms with E-state index in [0.29, 0.717) is 43.2 Å². The van der Waals surface area contributed by atoms with E-state index in [1.165, 1.54) is 5.56 Å². The van der Waals surface area contributed by atoms with Crippen molar-refractivity contribution in [2.75, 3.05) is 40.8 Å². The lowest BCUT2D eigenvalue weighted by Crippen LogP contribution is -2.74. The second-order valence-corrected chi connectivity index (χ2v) is 10.9. The Balaban J connectivity index is 1.55. The number of amides is 1. The van der Waals surface area contributed by atoms with Gasteiger partial charge in [0.2, 0.25) is 0 Å². The van der Waals surface area contributed by atoms with Crippen LogP contribution in [-0.2, 0) is 16.6 Å². The molecule has 1 amide bonds. The minimum atomic E-state index is -1.02. The Bertz CT molecular complexity index is 1020. The number of hydrogen-bond acceptors (Lipinski definition) is 7. The first-order valence-electron chi connectivity index (χ1n) is 11.7. The molecule has 1 fully saturated rings. The molecule has 1 aromatic rings. The number of hydrogen-bond donors (Lipinski definition) is 2. The Labute approximate surface area is 195 Å². The lowest BCUT2D eigenvalue weighted by molar-refractivity contribution is -0.163. The molecule has 2 bridgehead atoms. The first kappa shape index (κ1) is 22.5. The van der Waals surface area contributed by atoms with Gasteiger partial charge in [-0.15, -0.1) is 0 Å². The van der Waals surface area contributed by atoms with Gasteiger partial charge in [0.15, 0.2) is 17.6 Å². The van der Waals surface area contributed by atoms with Gasteiger partial charge in [0.05, 0.1) is 18.1 Å². The van der Waals surface area contributed by atoms with Crippen LogP contribution in [0.5, 0.6) is 11.5 Å². The second kappa shape index (κ2) is 7.35. The van der Waals surface area contributed by atoms with Crippen LogP contribution in [-0.4, -0.2) is 79.6 Å². The lowest BCUT2D eigenvalue weighted by atomic mass is 9.50. The average Bonchev–Trinajstić information content (AvgIpc) is 3.13. The van der Waals surface area contributed by atoms with E-state index in [1.807, 2.05) is 26.0 Å². The number of nitrogens with two attached hydrogens (primary N) is 1. The van der Waals surface area contributed by atoms with E-state index < -0.39 is 23.2 Å². The fraction of sp³-hybridized carbons (Fsp3) is 0.640. The Morgan fingerprint density at radius 3 is 2.88 bits per heavy atom. The molecule has 1 spiro atoms. The molecule has 1 aromatic carbocycles. The van der Waals surface area contributed by atoms with E-state index in [-0.39, 0.29) is 11.5 Å². The van der Waals surface area contributed by atoms with E-state index in [4.69, 9.17) is 19.9 Å². The van der Waals surface area contributed by atoms with Crippen molar-refractivity contribution in [3.8, 4) is 11.5 Å². The second-order valence-electron chi connectivity index (χ2n) is 10.9. The molecule has 180 valence electrons. The zero-order valence-corrected chi connectivity index (χ0v) is 20.2. The third kappa shape index (κ3) is 2.97. The van der Waals surface area contributed by atoms with Crippen molar-refractivity contribution in [3.63, 3.8) is 0 Å². The number of aliphatic hydroxyl groups is 1. The predicted molar refractivity (Wildman–Crippen MR) is 123 cm³/mol. The first-order chi connectivity index (χ1) is 15.6. The minimum absolute atomic E-state index is 0.0364. The SMILES string of the molecule is COc1ccc2c3c1OC1C(OC(=O)N(C)CC(C)(C)CN)=CCC4(O)C(C2)N(C)CCC314. The molecule has 4 atom stereocenters. The maximum atomic E-state index is 13.0. The number of likely N-dealkylation sites (N-methyl/N-ethyl adjacent to an activating group) is 1. The number of likely N-dealkylation sites (tertiary alicyclic amines) is 1. The van der Waals surface area contributed by atoms with Crippen molar-refractivity contribution in [1.82, 2.24) is 9.80 Å². The highest BCUT2D eigenvalue weighted by atomic mass is 16.6. The van der Waals surface area contributed by atoms with Gasteiger partial charge >= 0.3 is 6.09 Å². The summed E-state index contributed by atoms with van der Waals surface area (Å²) in [5.74, 6) is 1.78. The van der Waals surface area contributed by atoms with Gasteiger partial charge in [-0.05, 0) is 56.1 Å². The number of ether oxygens (including phenoxy) is 3. The van der Waals surface area contributed by atoms with Gasteiger partial charge in [-0.2, -0.15) is 0 Å². The summed E-state index contributed by atoms with van der Waals surface area (Å²) >= 11 is 0. The summed E-state index contributed by atoms with van der Waals surface area (Å²) in [5.41, 5.74) is 6.13. The number of nitrogens with zero attached hydrogens (tertiary/aromatic N) is 2. The summed E-state index contributed by atoms with van der Waals surface area (Å²) in [5, 5.41) is 12.2. The van der Waals surface area contributed by atoms with Crippen LogP contribution in [0.1, 0.15) is 37.8 Å². The van der Waals surface area contributed by atoms with Crippen LogP contribution >= 0.6 is 0 Å². The summed E-state index contributed by atoms with van der Waals surface area (Å²) in [6.45, 7) is 5.79. The molecule has 8 nitrogen and oxygen atoms in total. The number of carbonyl (C=O) groups excluding carboxylic acids is 1. The third-order valence-electron chi connectivity index (χ3n) is 8.29. The number of carbonyl (C=O) groups is 1. The standard InChI is InChI=1S/C25H35N3O5/c1-23(2,13-26)14-28(4)22(29)32-17-8-9-25(30)18-12-15-6-7-16(31-5)20-19(15)24(25,21(17)33-20)10-11-27(18)3/h6-8,18,21,30H,9-14,26H2,1-5H3. The quantitative estimate of drug-likeness (QED) is 0.698. The highest BCUT2D eigenvalue weighted by Crippen LogP contribution is 2.65. The molecular weight excluding hydrogens is 422 g/mol. The van der Waals surface area contributed by atoms with Crippen LogP contribution < -0.4 is 15.2 Å². The van der Waals surface area contributed by atoms with Crippen LogP contribution in [0, 0.1) is 5.41 Å². The molecular formula is C25H35N3O5. The topological polar surface area (TPSA) is 97.5 Å². The first-order valence-corrected chi connectivity index (χ1v) is 11.7. The van der Waals surface area contributed by atoms with Crippen molar-refractivity contribution >= 4 is 6.09 Å². The number of piperidine rings is 1. The van der Waals surface area contributed by atoms with Crippen LogP contribution in [0.2, 0.25) is 0 Å². The van der Waals surface area contributed by atoms with Gasteiger partial charge in [0, 0.05) is 31.6 Å². The smallest absolute Gasteiger partial charge is 0.414 e. The number of benzene rings is 1. The zero-order chi connectivity index (χ0) is 23.8. The minimum Gasteiger partial charge on any atom is -0.493 e. The average molecular weight is 458 g/mol. The Hall–Kier alpha value is -2.29. The van der Waals surface area contributed by atoms with Crippen molar-refractivity contribution in [2.24, 2.45) is 11.1 Å². The van der Waals surface area contributed by atoms with Gasteiger partial charge in [-0.25, -0.2) is 4.79 Å². The highest BCUT2D eigenvalue weighted by Gasteiger charge is 2.72. The molecule has 3 N–H and O–H groups in total. The molecule has 0 saturated carbocycles. The van der Waals surface area contributed by atoms with Gasteiger partial charge in [0.1, 0.15) is 5.76 Å². The predicted octanol–water partition coefficient (Wildman–Crippen LogP) is 2.03. The zero-order valence-electron chi connectivity index (χ0n) is 20.2. The Kier molecular flexibility index (Phi) is 5.01.